The summed E-state index contributed by atoms with van der Waals surface area (Å²) in [5.74, 6) is 4.70. The van der Waals surface area contributed by atoms with E-state index in [9.17, 15) is 4.79 Å². The Hall–Kier alpha value is -1.05. The maximum atomic E-state index is 12.0. The number of fused-ring (bicyclic) bond motifs is 5. The molecule has 0 saturated heterocycles. The van der Waals surface area contributed by atoms with E-state index in [4.69, 9.17) is 4.74 Å². The molecule has 0 aromatic carbocycles. The molecule has 0 spiro atoms. The van der Waals surface area contributed by atoms with Gasteiger partial charge >= 0.3 is 5.97 Å². The maximum Gasteiger partial charge on any atom is 0.302 e. The lowest BCUT2D eigenvalue weighted by Gasteiger charge is -2.59. The number of carbonyl (C=O) groups excluding carboxylic acids is 1. The maximum absolute atomic E-state index is 12.0. The van der Waals surface area contributed by atoms with Crippen molar-refractivity contribution in [2.24, 2.45) is 52.3 Å². The first kappa shape index (κ1) is 25.1. The Bertz CT molecular complexity index is 806. The number of ether oxygens (including phenoxy) is 1. The highest BCUT2D eigenvalue weighted by atomic mass is 16.5. The van der Waals surface area contributed by atoms with Crippen LogP contribution < -0.4 is 0 Å². The van der Waals surface area contributed by atoms with Gasteiger partial charge in [0.25, 0.3) is 0 Å². The molecule has 33 heavy (non-hydrogen) atoms. The highest BCUT2D eigenvalue weighted by Crippen LogP contribution is 2.67. The van der Waals surface area contributed by atoms with E-state index in [0.717, 1.165) is 18.3 Å². The van der Waals surface area contributed by atoms with Gasteiger partial charge in [-0.3, -0.25) is 4.79 Å². The molecule has 0 heterocycles. The van der Waals surface area contributed by atoms with Crippen molar-refractivity contribution in [3.8, 4) is 0 Å². The summed E-state index contributed by atoms with van der Waals surface area (Å²) in [6.07, 6.45) is 15.5. The largest absolute Gasteiger partial charge is 0.462 e. The Morgan fingerprint density at radius 1 is 1.03 bits per heavy atom. The van der Waals surface area contributed by atoms with Crippen LogP contribution in [0.2, 0.25) is 0 Å². The van der Waals surface area contributed by atoms with E-state index in [2.05, 4.69) is 60.6 Å². The molecule has 4 aliphatic carbocycles. The lowest BCUT2D eigenvalue weighted by Crippen LogP contribution is -2.55. The molecule has 3 fully saturated rings. The quantitative estimate of drug-likeness (QED) is 0.308. The highest BCUT2D eigenvalue weighted by molar-refractivity contribution is 5.66. The summed E-state index contributed by atoms with van der Waals surface area (Å²) in [6, 6.07) is 0. The monoisotopic (exact) mass is 454 g/mol. The normalized spacial score (nSPS) is 42.6. The second-order valence-electron chi connectivity index (χ2n) is 13.2. The topological polar surface area (TPSA) is 26.3 Å². The summed E-state index contributed by atoms with van der Waals surface area (Å²) in [6.45, 7) is 18.6. The first-order valence-corrected chi connectivity index (χ1v) is 14.1. The zero-order chi connectivity index (χ0) is 24.1. The summed E-state index contributed by atoms with van der Waals surface area (Å²) >= 11 is 0. The van der Waals surface area contributed by atoms with Crippen molar-refractivity contribution in [3.63, 3.8) is 0 Å². The molecule has 3 saturated carbocycles. The third kappa shape index (κ3) is 4.16. The molecule has 0 amide bonds. The Balaban J connectivity index is 1.59. The lowest BCUT2D eigenvalue weighted by atomic mass is 9.47. The van der Waals surface area contributed by atoms with Crippen LogP contribution in [0.25, 0.3) is 0 Å². The predicted molar refractivity (Wildman–Crippen MR) is 138 cm³/mol. The molecule has 2 nitrogen and oxygen atoms in total. The predicted octanol–water partition coefficient (Wildman–Crippen LogP) is 8.37. The molecular weight excluding hydrogens is 404 g/mol. The van der Waals surface area contributed by atoms with Crippen molar-refractivity contribution in [1.29, 1.82) is 0 Å². The zero-order valence-electron chi connectivity index (χ0n) is 22.7. The Morgan fingerprint density at radius 3 is 2.42 bits per heavy atom. The number of allylic oxidation sites excluding steroid dienone is 4. The van der Waals surface area contributed by atoms with Crippen LogP contribution in [0.4, 0.5) is 0 Å². The van der Waals surface area contributed by atoms with Crippen molar-refractivity contribution in [2.45, 2.75) is 113 Å². The van der Waals surface area contributed by atoms with Crippen LogP contribution in [0, 0.1) is 52.3 Å². The van der Waals surface area contributed by atoms with Gasteiger partial charge in [-0.25, -0.2) is 0 Å². The third-order valence-corrected chi connectivity index (χ3v) is 11.4. The molecule has 0 aromatic heterocycles. The lowest BCUT2D eigenvalue weighted by molar-refractivity contribution is -0.168. The number of carbonyl (C=O) groups is 1. The minimum absolute atomic E-state index is 0.0915. The molecule has 0 aromatic rings. The minimum atomic E-state index is -0.0915. The van der Waals surface area contributed by atoms with Crippen LogP contribution in [0.3, 0.4) is 0 Å². The van der Waals surface area contributed by atoms with E-state index in [1.54, 1.807) is 18.1 Å². The standard InChI is InChI=1S/C31H50O2/c1-19(2)22(5)20(3)18-21(4)26-14-15-27-25-13-12-24-10-9-11-29(33-23(6)32)31(24,8)28(25)16-17-30(26,27)7/h13,18-19,21-22,24,26-29H,9-12,14-17H2,1-8H3/b20-18+/t21-,22?,24?,26-,27+,28+,29?,30-,31+/m1/s1. The summed E-state index contributed by atoms with van der Waals surface area (Å²) in [5.41, 5.74) is 3.88. The highest BCUT2D eigenvalue weighted by Gasteiger charge is 2.60. The Labute approximate surface area is 204 Å². The second kappa shape index (κ2) is 9.19. The molecule has 9 atom stereocenters. The van der Waals surface area contributed by atoms with Crippen molar-refractivity contribution in [2.75, 3.05) is 0 Å². The summed E-state index contributed by atoms with van der Waals surface area (Å²) in [5, 5.41) is 0. The molecule has 0 radical (unpaired) electrons. The average molecular weight is 455 g/mol. The molecule has 0 aliphatic heterocycles. The van der Waals surface area contributed by atoms with E-state index >= 15 is 0 Å². The van der Waals surface area contributed by atoms with Crippen molar-refractivity contribution < 1.29 is 9.53 Å². The van der Waals surface area contributed by atoms with Crippen LogP contribution in [0.5, 0.6) is 0 Å². The molecular formula is C31H50O2. The second-order valence-corrected chi connectivity index (χ2v) is 13.2. The number of hydrogen-bond acceptors (Lipinski definition) is 2. The average Bonchev–Trinajstić information content (AvgIpc) is 3.10. The fourth-order valence-electron chi connectivity index (χ4n) is 9.04. The molecule has 4 aliphatic rings. The van der Waals surface area contributed by atoms with Gasteiger partial charge in [-0.15, -0.1) is 0 Å². The van der Waals surface area contributed by atoms with Crippen LogP contribution in [0.1, 0.15) is 107 Å². The van der Waals surface area contributed by atoms with E-state index in [1.807, 2.05) is 0 Å². The molecule has 186 valence electrons. The van der Waals surface area contributed by atoms with Crippen molar-refractivity contribution in [3.05, 3.63) is 23.3 Å². The van der Waals surface area contributed by atoms with Gasteiger partial charge in [-0.1, -0.05) is 64.8 Å². The van der Waals surface area contributed by atoms with E-state index in [-0.39, 0.29) is 17.5 Å². The van der Waals surface area contributed by atoms with Crippen LogP contribution in [-0.4, -0.2) is 12.1 Å². The summed E-state index contributed by atoms with van der Waals surface area (Å²) in [7, 11) is 0. The smallest absolute Gasteiger partial charge is 0.302 e. The SMILES string of the molecule is CC(=O)OC1CCCC2CC=C3[C@H](CC[C@]4(C)[C@@H]([C@H](C)/C=C(\C)C(C)C(C)C)CC[C@@H]34)[C@]21C. The van der Waals surface area contributed by atoms with E-state index < -0.39 is 0 Å². The molecule has 0 N–H and O–H groups in total. The Kier molecular flexibility index (Phi) is 6.98. The van der Waals surface area contributed by atoms with Gasteiger partial charge in [-0.05, 0) is 105 Å². The van der Waals surface area contributed by atoms with Crippen LogP contribution in [0.15, 0.2) is 23.3 Å². The van der Waals surface area contributed by atoms with E-state index in [1.165, 1.54) is 44.9 Å². The summed E-state index contributed by atoms with van der Waals surface area (Å²) in [4.78, 5) is 12.0. The van der Waals surface area contributed by atoms with Gasteiger partial charge < -0.3 is 4.74 Å². The van der Waals surface area contributed by atoms with Crippen molar-refractivity contribution in [1.82, 2.24) is 0 Å². The number of esters is 1. The van der Waals surface area contributed by atoms with Gasteiger partial charge in [0.05, 0.1) is 0 Å². The van der Waals surface area contributed by atoms with Gasteiger partial charge in [-0.2, -0.15) is 0 Å². The fourth-order valence-corrected chi connectivity index (χ4v) is 9.04. The summed E-state index contributed by atoms with van der Waals surface area (Å²) < 4.78 is 6.02. The van der Waals surface area contributed by atoms with Crippen molar-refractivity contribution >= 4 is 5.97 Å². The first-order valence-electron chi connectivity index (χ1n) is 14.1. The molecule has 4 rings (SSSR count). The van der Waals surface area contributed by atoms with Crippen LogP contribution in [-0.2, 0) is 9.53 Å². The number of rotatable bonds is 5. The molecule has 2 heteroatoms. The Morgan fingerprint density at radius 2 is 1.76 bits per heavy atom. The van der Waals surface area contributed by atoms with Gasteiger partial charge in [0, 0.05) is 12.3 Å². The van der Waals surface area contributed by atoms with Gasteiger partial charge in [0.2, 0.25) is 0 Å². The van der Waals surface area contributed by atoms with Crippen LogP contribution >= 0.6 is 0 Å². The first-order chi connectivity index (χ1) is 15.5. The zero-order valence-corrected chi connectivity index (χ0v) is 22.7. The molecule has 3 unspecified atom stereocenters. The molecule has 0 bridgehead atoms. The van der Waals surface area contributed by atoms with Gasteiger partial charge in [0.15, 0.2) is 0 Å². The number of hydrogen-bond donors (Lipinski definition) is 0. The minimum Gasteiger partial charge on any atom is -0.462 e. The van der Waals surface area contributed by atoms with E-state index in [0.29, 0.717) is 35.0 Å². The fraction of sp³-hybridized carbons (Fsp3) is 0.839. The third-order valence-electron chi connectivity index (χ3n) is 11.4. The van der Waals surface area contributed by atoms with Gasteiger partial charge in [0.1, 0.15) is 6.10 Å².